The van der Waals surface area contributed by atoms with E-state index >= 15 is 0 Å². The van der Waals surface area contributed by atoms with Crippen LogP contribution >= 0.6 is 0 Å². The first-order valence-corrected chi connectivity index (χ1v) is 4.60. The minimum Gasteiger partial charge on any atom is -0.439 e. The van der Waals surface area contributed by atoms with E-state index < -0.39 is 11.6 Å². The molecule has 0 fully saturated rings. The molecular weight excluding hydrogens is 230 g/mol. The molecular formula is C10H8F2N4O. The second-order valence-electron chi connectivity index (χ2n) is 3.06. The monoisotopic (exact) mass is 238 g/mol. The number of hydrazine groups is 1. The number of nitrogens with one attached hydrogen (secondary N) is 1. The molecule has 0 aliphatic rings. The molecule has 1 heterocycles. The van der Waals surface area contributed by atoms with Crippen molar-refractivity contribution >= 4 is 5.82 Å². The summed E-state index contributed by atoms with van der Waals surface area (Å²) < 4.78 is 30.8. The van der Waals surface area contributed by atoms with Crippen molar-refractivity contribution in [1.29, 1.82) is 0 Å². The van der Waals surface area contributed by atoms with Crippen molar-refractivity contribution in [2.24, 2.45) is 5.84 Å². The van der Waals surface area contributed by atoms with Crippen LogP contribution < -0.4 is 16.0 Å². The molecule has 0 unspecified atom stereocenters. The number of nitrogens with zero attached hydrogens (tertiary/aromatic N) is 2. The lowest BCUT2D eigenvalue weighted by molar-refractivity contribution is 0.447. The quantitative estimate of drug-likeness (QED) is 0.630. The maximum atomic E-state index is 12.9. The number of rotatable bonds is 3. The van der Waals surface area contributed by atoms with Gasteiger partial charge in [-0.3, -0.25) is 0 Å². The number of halogens is 2. The Balaban J connectivity index is 2.22. The third-order valence-corrected chi connectivity index (χ3v) is 1.90. The minimum atomic E-state index is -0.992. The zero-order valence-electron chi connectivity index (χ0n) is 8.52. The van der Waals surface area contributed by atoms with E-state index in [4.69, 9.17) is 10.6 Å². The number of ether oxygens (including phenoxy) is 1. The Bertz CT molecular complexity index is 535. The minimum absolute atomic E-state index is 0.130. The van der Waals surface area contributed by atoms with Gasteiger partial charge in [-0.2, -0.15) is 0 Å². The predicted octanol–water partition coefficient (Wildman–Crippen LogP) is 1.83. The molecule has 2 rings (SSSR count). The van der Waals surface area contributed by atoms with Crippen molar-refractivity contribution in [2.45, 2.75) is 0 Å². The van der Waals surface area contributed by atoms with E-state index in [0.29, 0.717) is 5.82 Å². The summed E-state index contributed by atoms with van der Waals surface area (Å²) in [5, 5.41) is 0. The highest BCUT2D eigenvalue weighted by molar-refractivity contribution is 5.37. The van der Waals surface area contributed by atoms with Gasteiger partial charge in [-0.15, -0.1) is 0 Å². The standard InChI is InChI=1S/C10H8F2N4O/c11-7-2-1-6(3-8(7)12)17-10-4-9(16-13)14-5-15-10/h1-5H,13H2,(H,14,15,16). The second kappa shape index (κ2) is 4.71. The summed E-state index contributed by atoms with van der Waals surface area (Å²) in [5.41, 5.74) is 2.31. The van der Waals surface area contributed by atoms with Crippen molar-refractivity contribution in [3.8, 4) is 11.6 Å². The average Bonchev–Trinajstić information content (AvgIpc) is 2.34. The lowest BCUT2D eigenvalue weighted by atomic mass is 10.3. The molecule has 3 N–H and O–H groups in total. The average molecular weight is 238 g/mol. The normalized spacial score (nSPS) is 10.1. The van der Waals surface area contributed by atoms with Crippen LogP contribution in [-0.4, -0.2) is 9.97 Å². The van der Waals surface area contributed by atoms with Gasteiger partial charge in [0.05, 0.1) is 0 Å². The van der Waals surface area contributed by atoms with Gasteiger partial charge in [-0.05, 0) is 12.1 Å². The number of hydrogen-bond donors (Lipinski definition) is 2. The SMILES string of the molecule is NNc1cc(Oc2ccc(F)c(F)c2)ncn1. The highest BCUT2D eigenvalue weighted by atomic mass is 19.2. The van der Waals surface area contributed by atoms with Crippen molar-refractivity contribution in [1.82, 2.24) is 9.97 Å². The molecule has 1 aromatic heterocycles. The van der Waals surface area contributed by atoms with Gasteiger partial charge in [0.2, 0.25) is 5.88 Å². The molecule has 0 aliphatic heterocycles. The highest BCUT2D eigenvalue weighted by Gasteiger charge is 2.05. The van der Waals surface area contributed by atoms with Crippen LogP contribution in [0.15, 0.2) is 30.6 Å². The Kier molecular flexibility index (Phi) is 3.10. The van der Waals surface area contributed by atoms with Crippen LogP contribution in [-0.2, 0) is 0 Å². The molecule has 17 heavy (non-hydrogen) atoms. The largest absolute Gasteiger partial charge is 0.439 e. The van der Waals surface area contributed by atoms with E-state index in [9.17, 15) is 8.78 Å². The summed E-state index contributed by atoms with van der Waals surface area (Å²) in [5.74, 6) is 3.86. The Morgan fingerprint density at radius 2 is 1.94 bits per heavy atom. The van der Waals surface area contributed by atoms with E-state index in [-0.39, 0.29) is 11.6 Å². The lowest BCUT2D eigenvalue weighted by Crippen LogP contribution is -2.08. The molecule has 0 atom stereocenters. The van der Waals surface area contributed by atoms with Crippen molar-refractivity contribution in [3.05, 3.63) is 42.2 Å². The maximum absolute atomic E-state index is 12.9. The Labute approximate surface area is 95.2 Å². The Morgan fingerprint density at radius 1 is 1.12 bits per heavy atom. The van der Waals surface area contributed by atoms with Gasteiger partial charge >= 0.3 is 0 Å². The molecule has 0 saturated heterocycles. The number of aromatic nitrogens is 2. The van der Waals surface area contributed by atoms with E-state index in [1.807, 2.05) is 0 Å². The first-order chi connectivity index (χ1) is 8.19. The van der Waals surface area contributed by atoms with Gasteiger partial charge in [0, 0.05) is 12.1 Å². The van der Waals surface area contributed by atoms with Crippen LogP contribution in [0.5, 0.6) is 11.6 Å². The van der Waals surface area contributed by atoms with Gasteiger partial charge in [-0.25, -0.2) is 24.6 Å². The van der Waals surface area contributed by atoms with Crippen molar-refractivity contribution < 1.29 is 13.5 Å². The van der Waals surface area contributed by atoms with Crippen molar-refractivity contribution in [2.75, 3.05) is 5.43 Å². The van der Waals surface area contributed by atoms with Gasteiger partial charge in [0.15, 0.2) is 11.6 Å². The molecule has 7 heteroatoms. The number of nitrogens with two attached hydrogens (primary N) is 1. The Morgan fingerprint density at radius 3 is 2.65 bits per heavy atom. The summed E-state index contributed by atoms with van der Waals surface area (Å²) >= 11 is 0. The molecule has 88 valence electrons. The molecule has 0 aliphatic carbocycles. The van der Waals surface area contributed by atoms with Gasteiger partial charge in [0.25, 0.3) is 0 Å². The first-order valence-electron chi connectivity index (χ1n) is 4.60. The molecule has 0 spiro atoms. The van der Waals surface area contributed by atoms with E-state index in [0.717, 1.165) is 12.1 Å². The fourth-order valence-corrected chi connectivity index (χ4v) is 1.14. The van der Waals surface area contributed by atoms with Crippen LogP contribution in [0.1, 0.15) is 0 Å². The van der Waals surface area contributed by atoms with E-state index in [1.54, 1.807) is 0 Å². The molecule has 0 amide bonds. The summed E-state index contributed by atoms with van der Waals surface area (Å²) in [6.45, 7) is 0. The summed E-state index contributed by atoms with van der Waals surface area (Å²) in [4.78, 5) is 7.56. The van der Waals surface area contributed by atoms with Gasteiger partial charge in [-0.1, -0.05) is 0 Å². The number of benzene rings is 1. The fourth-order valence-electron chi connectivity index (χ4n) is 1.14. The Hall–Kier alpha value is -2.28. The topological polar surface area (TPSA) is 73.1 Å². The number of hydrogen-bond acceptors (Lipinski definition) is 5. The molecule has 2 aromatic rings. The second-order valence-corrected chi connectivity index (χ2v) is 3.06. The number of anilines is 1. The van der Waals surface area contributed by atoms with Gasteiger partial charge in [0.1, 0.15) is 17.9 Å². The van der Waals surface area contributed by atoms with E-state index in [2.05, 4.69) is 15.4 Å². The highest BCUT2D eigenvalue weighted by Crippen LogP contribution is 2.22. The number of nitrogen functional groups attached to an aromatic ring is 1. The lowest BCUT2D eigenvalue weighted by Gasteiger charge is -2.05. The third-order valence-electron chi connectivity index (χ3n) is 1.90. The molecule has 5 nitrogen and oxygen atoms in total. The zero-order valence-corrected chi connectivity index (χ0v) is 8.52. The van der Waals surface area contributed by atoms with Crippen LogP contribution in [0.25, 0.3) is 0 Å². The van der Waals surface area contributed by atoms with E-state index in [1.165, 1.54) is 18.5 Å². The third kappa shape index (κ3) is 2.64. The summed E-state index contributed by atoms with van der Waals surface area (Å²) in [6, 6.07) is 4.60. The van der Waals surface area contributed by atoms with Crippen LogP contribution in [0.4, 0.5) is 14.6 Å². The first kappa shape index (κ1) is 11.2. The maximum Gasteiger partial charge on any atom is 0.224 e. The van der Waals surface area contributed by atoms with Crippen LogP contribution in [0.2, 0.25) is 0 Å². The summed E-state index contributed by atoms with van der Waals surface area (Å²) in [7, 11) is 0. The summed E-state index contributed by atoms with van der Waals surface area (Å²) in [6.07, 6.45) is 1.23. The smallest absolute Gasteiger partial charge is 0.224 e. The van der Waals surface area contributed by atoms with Crippen LogP contribution in [0, 0.1) is 11.6 Å². The molecule has 0 saturated carbocycles. The molecule has 0 bridgehead atoms. The zero-order chi connectivity index (χ0) is 12.3. The fraction of sp³-hybridized carbons (Fsp3) is 0. The van der Waals surface area contributed by atoms with Gasteiger partial charge < -0.3 is 10.2 Å². The predicted molar refractivity (Wildman–Crippen MR) is 56.3 cm³/mol. The van der Waals surface area contributed by atoms with Crippen molar-refractivity contribution in [3.63, 3.8) is 0 Å². The molecule has 0 radical (unpaired) electrons. The van der Waals surface area contributed by atoms with Crippen LogP contribution in [0.3, 0.4) is 0 Å². The molecule has 1 aromatic carbocycles.